The summed E-state index contributed by atoms with van der Waals surface area (Å²) in [6.07, 6.45) is 2.85. The zero-order valence-electron chi connectivity index (χ0n) is 6.18. The zero-order valence-corrected chi connectivity index (χ0v) is 6.18. The molecule has 52 valence electrons. The van der Waals surface area contributed by atoms with E-state index in [-0.39, 0.29) is 0 Å². The fourth-order valence-electron chi connectivity index (χ4n) is 1.65. The molecule has 0 aromatic rings. The molecule has 9 heavy (non-hydrogen) atoms. The van der Waals surface area contributed by atoms with Crippen molar-refractivity contribution in [3.63, 3.8) is 0 Å². The molecular formula is C8H14O. The standard InChI is InChI=1S/C8H14O/c1-3-7-5-8(9)4-6(7)2/h6-7H,3-5H2,1-2H3. The SMILES string of the molecule is CCC1CC(=O)CC1C. The van der Waals surface area contributed by atoms with Gasteiger partial charge in [-0.25, -0.2) is 0 Å². The maximum absolute atomic E-state index is 10.8. The van der Waals surface area contributed by atoms with Crippen molar-refractivity contribution in [2.45, 2.75) is 33.1 Å². The summed E-state index contributed by atoms with van der Waals surface area (Å²) in [5.41, 5.74) is 0. The molecule has 0 heterocycles. The van der Waals surface area contributed by atoms with Crippen LogP contribution >= 0.6 is 0 Å². The van der Waals surface area contributed by atoms with Crippen LogP contribution in [-0.2, 0) is 4.79 Å². The Morgan fingerprint density at radius 2 is 2.22 bits per heavy atom. The molecule has 0 saturated heterocycles. The van der Waals surface area contributed by atoms with Crippen LogP contribution in [0.4, 0.5) is 0 Å². The first kappa shape index (κ1) is 6.79. The summed E-state index contributed by atoms with van der Waals surface area (Å²) in [5.74, 6) is 1.81. The Labute approximate surface area is 56.4 Å². The van der Waals surface area contributed by atoms with E-state index >= 15 is 0 Å². The molecule has 0 aliphatic heterocycles. The van der Waals surface area contributed by atoms with E-state index in [1.165, 1.54) is 6.42 Å². The van der Waals surface area contributed by atoms with Crippen LogP contribution in [0.15, 0.2) is 0 Å². The molecule has 0 aromatic heterocycles. The highest BCUT2D eigenvalue weighted by Crippen LogP contribution is 2.30. The summed E-state index contributed by atoms with van der Waals surface area (Å²) in [5, 5.41) is 0. The molecule has 1 rings (SSSR count). The normalized spacial score (nSPS) is 35.6. The van der Waals surface area contributed by atoms with Gasteiger partial charge in [0.1, 0.15) is 5.78 Å². The van der Waals surface area contributed by atoms with Crippen molar-refractivity contribution in [2.24, 2.45) is 11.8 Å². The molecule has 0 spiro atoms. The fraction of sp³-hybridized carbons (Fsp3) is 0.875. The topological polar surface area (TPSA) is 17.1 Å². The third-order valence-corrected chi connectivity index (χ3v) is 2.37. The van der Waals surface area contributed by atoms with Crippen molar-refractivity contribution in [3.05, 3.63) is 0 Å². The Hall–Kier alpha value is -0.330. The minimum Gasteiger partial charge on any atom is -0.300 e. The molecule has 0 amide bonds. The van der Waals surface area contributed by atoms with Crippen LogP contribution < -0.4 is 0 Å². The largest absolute Gasteiger partial charge is 0.300 e. The smallest absolute Gasteiger partial charge is 0.133 e. The van der Waals surface area contributed by atoms with Gasteiger partial charge in [-0.15, -0.1) is 0 Å². The summed E-state index contributed by atoms with van der Waals surface area (Å²) in [7, 11) is 0. The Kier molecular flexibility index (Phi) is 1.89. The van der Waals surface area contributed by atoms with E-state index in [0.717, 1.165) is 12.8 Å². The first-order chi connectivity index (χ1) is 4.24. The van der Waals surface area contributed by atoms with Crippen LogP contribution in [0.3, 0.4) is 0 Å². The molecule has 1 saturated carbocycles. The quantitative estimate of drug-likeness (QED) is 0.525. The van der Waals surface area contributed by atoms with E-state index in [1.807, 2.05) is 0 Å². The lowest BCUT2D eigenvalue weighted by atomic mass is 9.96. The lowest BCUT2D eigenvalue weighted by Gasteiger charge is -2.08. The number of ketones is 1. The van der Waals surface area contributed by atoms with Gasteiger partial charge in [-0.05, 0) is 11.8 Å². The molecule has 0 N–H and O–H groups in total. The monoisotopic (exact) mass is 126 g/mol. The van der Waals surface area contributed by atoms with E-state index in [0.29, 0.717) is 17.6 Å². The average molecular weight is 126 g/mol. The van der Waals surface area contributed by atoms with Gasteiger partial charge in [-0.3, -0.25) is 4.79 Å². The van der Waals surface area contributed by atoms with Gasteiger partial charge in [0.25, 0.3) is 0 Å². The first-order valence-electron chi connectivity index (χ1n) is 3.75. The number of rotatable bonds is 1. The predicted molar refractivity (Wildman–Crippen MR) is 37.2 cm³/mol. The molecular weight excluding hydrogens is 112 g/mol. The molecule has 0 bridgehead atoms. The van der Waals surface area contributed by atoms with E-state index in [4.69, 9.17) is 0 Å². The highest BCUT2D eigenvalue weighted by atomic mass is 16.1. The second kappa shape index (κ2) is 2.51. The summed E-state index contributed by atoms with van der Waals surface area (Å²) < 4.78 is 0. The maximum atomic E-state index is 10.8. The summed E-state index contributed by atoms with van der Waals surface area (Å²) >= 11 is 0. The van der Waals surface area contributed by atoms with Gasteiger partial charge < -0.3 is 0 Å². The second-order valence-electron chi connectivity index (χ2n) is 3.09. The zero-order chi connectivity index (χ0) is 6.85. The predicted octanol–water partition coefficient (Wildman–Crippen LogP) is 2.01. The molecule has 1 aliphatic rings. The van der Waals surface area contributed by atoms with Crippen molar-refractivity contribution in [3.8, 4) is 0 Å². The molecule has 0 radical (unpaired) electrons. The third kappa shape index (κ3) is 1.32. The molecule has 2 unspecified atom stereocenters. The first-order valence-corrected chi connectivity index (χ1v) is 3.75. The van der Waals surface area contributed by atoms with Gasteiger partial charge in [0.05, 0.1) is 0 Å². The number of carbonyl (C=O) groups is 1. The number of hydrogen-bond acceptors (Lipinski definition) is 1. The van der Waals surface area contributed by atoms with Crippen LogP contribution in [-0.4, -0.2) is 5.78 Å². The van der Waals surface area contributed by atoms with Crippen LogP contribution in [0.5, 0.6) is 0 Å². The highest BCUT2D eigenvalue weighted by Gasteiger charge is 2.27. The van der Waals surface area contributed by atoms with Crippen LogP contribution in [0.1, 0.15) is 33.1 Å². The number of carbonyl (C=O) groups excluding carboxylic acids is 1. The van der Waals surface area contributed by atoms with E-state index < -0.39 is 0 Å². The Balaban J connectivity index is 2.47. The second-order valence-corrected chi connectivity index (χ2v) is 3.09. The van der Waals surface area contributed by atoms with Gasteiger partial charge in [0, 0.05) is 12.8 Å². The van der Waals surface area contributed by atoms with Gasteiger partial charge in [-0.2, -0.15) is 0 Å². The van der Waals surface area contributed by atoms with Gasteiger partial charge in [0.2, 0.25) is 0 Å². The Morgan fingerprint density at radius 3 is 2.44 bits per heavy atom. The fourth-order valence-corrected chi connectivity index (χ4v) is 1.65. The van der Waals surface area contributed by atoms with E-state index in [9.17, 15) is 4.79 Å². The van der Waals surface area contributed by atoms with Crippen molar-refractivity contribution < 1.29 is 4.79 Å². The molecule has 1 heteroatoms. The molecule has 2 atom stereocenters. The van der Waals surface area contributed by atoms with Crippen molar-refractivity contribution in [1.29, 1.82) is 0 Å². The minimum absolute atomic E-state index is 0.467. The van der Waals surface area contributed by atoms with Crippen molar-refractivity contribution >= 4 is 5.78 Å². The molecule has 1 fully saturated rings. The molecule has 1 nitrogen and oxygen atoms in total. The maximum Gasteiger partial charge on any atom is 0.133 e. The summed E-state index contributed by atoms with van der Waals surface area (Å²) in [6, 6.07) is 0. The lowest BCUT2D eigenvalue weighted by molar-refractivity contribution is -0.117. The number of hydrogen-bond donors (Lipinski definition) is 0. The Bertz CT molecular complexity index is 118. The van der Waals surface area contributed by atoms with Crippen molar-refractivity contribution in [2.75, 3.05) is 0 Å². The number of Topliss-reactive ketones (excluding diaryl/α,β-unsaturated/α-hetero) is 1. The average Bonchev–Trinajstić information content (AvgIpc) is 2.10. The minimum atomic E-state index is 0.467. The van der Waals surface area contributed by atoms with Crippen LogP contribution in [0, 0.1) is 11.8 Å². The summed E-state index contributed by atoms with van der Waals surface area (Å²) in [4.78, 5) is 10.8. The van der Waals surface area contributed by atoms with E-state index in [1.54, 1.807) is 0 Å². The van der Waals surface area contributed by atoms with Gasteiger partial charge >= 0.3 is 0 Å². The van der Waals surface area contributed by atoms with Crippen molar-refractivity contribution in [1.82, 2.24) is 0 Å². The lowest BCUT2D eigenvalue weighted by Crippen LogP contribution is -2.00. The van der Waals surface area contributed by atoms with Gasteiger partial charge in [-0.1, -0.05) is 20.3 Å². The van der Waals surface area contributed by atoms with Crippen LogP contribution in [0.2, 0.25) is 0 Å². The van der Waals surface area contributed by atoms with Crippen LogP contribution in [0.25, 0.3) is 0 Å². The Morgan fingerprint density at radius 1 is 1.56 bits per heavy atom. The molecule has 0 aromatic carbocycles. The highest BCUT2D eigenvalue weighted by molar-refractivity contribution is 5.81. The summed E-state index contributed by atoms with van der Waals surface area (Å²) in [6.45, 7) is 4.35. The van der Waals surface area contributed by atoms with Gasteiger partial charge in [0.15, 0.2) is 0 Å². The molecule has 1 aliphatic carbocycles. The third-order valence-electron chi connectivity index (χ3n) is 2.37. The van der Waals surface area contributed by atoms with E-state index in [2.05, 4.69) is 13.8 Å².